The van der Waals surface area contributed by atoms with Gasteiger partial charge in [-0.2, -0.15) is 0 Å². The summed E-state index contributed by atoms with van der Waals surface area (Å²) in [4.78, 5) is 0. The van der Waals surface area contributed by atoms with Gasteiger partial charge in [0.05, 0.1) is 12.5 Å². The highest BCUT2D eigenvalue weighted by molar-refractivity contribution is 5.27. The van der Waals surface area contributed by atoms with Crippen LogP contribution in [-0.4, -0.2) is 11.7 Å². The summed E-state index contributed by atoms with van der Waals surface area (Å²) >= 11 is 0. The van der Waals surface area contributed by atoms with Crippen LogP contribution >= 0.6 is 0 Å². The predicted molar refractivity (Wildman–Crippen MR) is 66.9 cm³/mol. The molecule has 0 aliphatic rings. The zero-order valence-electron chi connectivity index (χ0n) is 9.89. The van der Waals surface area contributed by atoms with Crippen molar-refractivity contribution in [3.8, 4) is 5.75 Å². The van der Waals surface area contributed by atoms with E-state index in [0.29, 0.717) is 5.75 Å². The molecule has 2 rings (SSSR count). The van der Waals surface area contributed by atoms with Gasteiger partial charge in [0.25, 0.3) is 0 Å². The summed E-state index contributed by atoms with van der Waals surface area (Å²) in [5.74, 6) is 0.303. The molecular formula is C14H17NO2. The van der Waals surface area contributed by atoms with Crippen molar-refractivity contribution in [2.75, 3.05) is 6.54 Å². The van der Waals surface area contributed by atoms with Crippen molar-refractivity contribution < 1.29 is 9.52 Å². The molecule has 0 amide bonds. The van der Waals surface area contributed by atoms with Gasteiger partial charge in [-0.1, -0.05) is 19.1 Å². The molecule has 3 heteroatoms. The molecule has 1 atom stereocenters. The van der Waals surface area contributed by atoms with E-state index in [2.05, 4.69) is 12.2 Å². The molecule has 0 aliphatic heterocycles. The van der Waals surface area contributed by atoms with Gasteiger partial charge in [-0.05, 0) is 36.7 Å². The smallest absolute Gasteiger partial charge is 0.115 e. The Labute approximate surface area is 101 Å². The Morgan fingerprint density at radius 3 is 2.59 bits per heavy atom. The third-order valence-corrected chi connectivity index (χ3v) is 2.77. The maximum absolute atomic E-state index is 9.25. The van der Waals surface area contributed by atoms with Crippen molar-refractivity contribution in [3.63, 3.8) is 0 Å². The number of phenols is 1. The topological polar surface area (TPSA) is 45.4 Å². The largest absolute Gasteiger partial charge is 0.508 e. The summed E-state index contributed by atoms with van der Waals surface area (Å²) in [6.07, 6.45) is 4.35. The molecular weight excluding hydrogens is 214 g/mol. The second kappa shape index (κ2) is 5.55. The Morgan fingerprint density at radius 2 is 2.00 bits per heavy atom. The average molecular weight is 231 g/mol. The number of phenolic OH excluding ortho intramolecular Hbond substituents is 1. The molecule has 3 nitrogen and oxygen atoms in total. The number of hydrogen-bond donors (Lipinski definition) is 2. The lowest BCUT2D eigenvalue weighted by atomic mass is 10.0. The predicted octanol–water partition coefficient (Wildman–Crippen LogP) is 2.88. The minimum absolute atomic E-state index is 0.253. The molecule has 0 spiro atoms. The zero-order valence-corrected chi connectivity index (χ0v) is 9.89. The molecule has 17 heavy (non-hydrogen) atoms. The summed E-state index contributed by atoms with van der Waals surface area (Å²) in [5.41, 5.74) is 2.34. The van der Waals surface area contributed by atoms with Gasteiger partial charge in [0.15, 0.2) is 0 Å². The first-order valence-electron chi connectivity index (χ1n) is 5.83. The number of rotatable bonds is 5. The van der Waals surface area contributed by atoms with E-state index in [0.717, 1.165) is 18.5 Å². The van der Waals surface area contributed by atoms with Crippen LogP contribution in [-0.2, 0) is 6.42 Å². The quantitative estimate of drug-likeness (QED) is 0.831. The van der Waals surface area contributed by atoms with E-state index in [1.54, 1.807) is 24.7 Å². The van der Waals surface area contributed by atoms with Crippen LogP contribution in [0.1, 0.15) is 24.1 Å². The van der Waals surface area contributed by atoms with Crippen LogP contribution in [0.25, 0.3) is 0 Å². The van der Waals surface area contributed by atoms with Crippen molar-refractivity contribution in [2.24, 2.45) is 0 Å². The monoisotopic (exact) mass is 231 g/mol. The van der Waals surface area contributed by atoms with Crippen molar-refractivity contribution in [1.29, 1.82) is 0 Å². The average Bonchev–Trinajstić information content (AvgIpc) is 2.85. The molecule has 2 aromatic rings. The van der Waals surface area contributed by atoms with Gasteiger partial charge in [-0.15, -0.1) is 0 Å². The first kappa shape index (κ1) is 11.7. The van der Waals surface area contributed by atoms with Crippen LogP contribution in [0, 0.1) is 0 Å². The van der Waals surface area contributed by atoms with Crippen LogP contribution in [0.15, 0.2) is 47.3 Å². The Bertz CT molecular complexity index is 434. The second-order valence-corrected chi connectivity index (χ2v) is 4.04. The minimum Gasteiger partial charge on any atom is -0.508 e. The zero-order chi connectivity index (χ0) is 12.1. The number of hydrogen-bond acceptors (Lipinski definition) is 3. The highest BCUT2D eigenvalue weighted by Gasteiger charge is 2.12. The maximum Gasteiger partial charge on any atom is 0.115 e. The fourth-order valence-corrected chi connectivity index (χ4v) is 1.90. The third kappa shape index (κ3) is 3.11. The molecule has 1 aromatic carbocycles. The van der Waals surface area contributed by atoms with Gasteiger partial charge < -0.3 is 14.8 Å². The molecule has 0 saturated carbocycles. The van der Waals surface area contributed by atoms with E-state index in [9.17, 15) is 5.11 Å². The lowest BCUT2D eigenvalue weighted by Gasteiger charge is -2.16. The van der Waals surface area contributed by atoms with Crippen LogP contribution in [0.2, 0.25) is 0 Å². The molecule has 1 unspecified atom stereocenters. The molecule has 2 N–H and O–H groups in total. The van der Waals surface area contributed by atoms with Crippen molar-refractivity contribution in [1.82, 2.24) is 5.32 Å². The summed E-state index contributed by atoms with van der Waals surface area (Å²) in [6, 6.07) is 9.55. The number of aromatic hydroxyl groups is 1. The Balaban J connectivity index is 2.10. The minimum atomic E-state index is 0.253. The van der Waals surface area contributed by atoms with E-state index in [4.69, 9.17) is 4.42 Å². The molecule has 0 fully saturated rings. The van der Waals surface area contributed by atoms with Crippen LogP contribution in [0.5, 0.6) is 5.75 Å². The summed E-state index contributed by atoms with van der Waals surface area (Å²) in [5, 5.41) is 12.7. The Kier molecular flexibility index (Phi) is 3.83. The number of nitrogens with one attached hydrogen (secondary N) is 1. The number of likely N-dealkylation sites (N-methyl/N-ethyl adjacent to an activating group) is 1. The van der Waals surface area contributed by atoms with Crippen LogP contribution in [0.4, 0.5) is 0 Å². The molecule has 90 valence electrons. The van der Waals surface area contributed by atoms with Crippen molar-refractivity contribution in [2.45, 2.75) is 19.4 Å². The molecule has 1 aromatic heterocycles. The third-order valence-electron chi connectivity index (χ3n) is 2.77. The normalized spacial score (nSPS) is 12.5. The van der Waals surface area contributed by atoms with E-state index >= 15 is 0 Å². The van der Waals surface area contributed by atoms with Crippen molar-refractivity contribution in [3.05, 3.63) is 54.0 Å². The van der Waals surface area contributed by atoms with Crippen LogP contribution < -0.4 is 5.32 Å². The van der Waals surface area contributed by atoms with Gasteiger partial charge in [0, 0.05) is 11.6 Å². The lowest BCUT2D eigenvalue weighted by molar-refractivity contribution is 0.474. The van der Waals surface area contributed by atoms with Gasteiger partial charge in [-0.25, -0.2) is 0 Å². The highest BCUT2D eigenvalue weighted by Crippen LogP contribution is 2.20. The molecule has 0 saturated heterocycles. The molecule has 0 bridgehead atoms. The highest BCUT2D eigenvalue weighted by atomic mass is 16.3. The van der Waals surface area contributed by atoms with Gasteiger partial charge in [0.2, 0.25) is 0 Å². The molecule has 0 radical (unpaired) electrons. The van der Waals surface area contributed by atoms with Crippen LogP contribution in [0.3, 0.4) is 0 Å². The first-order valence-corrected chi connectivity index (χ1v) is 5.83. The van der Waals surface area contributed by atoms with Crippen molar-refractivity contribution >= 4 is 0 Å². The SMILES string of the molecule is CCNC(Cc1ccc(O)cc1)c1ccoc1. The lowest BCUT2D eigenvalue weighted by Crippen LogP contribution is -2.22. The second-order valence-electron chi connectivity index (χ2n) is 4.04. The maximum atomic E-state index is 9.25. The Morgan fingerprint density at radius 1 is 1.24 bits per heavy atom. The number of benzene rings is 1. The molecule has 1 heterocycles. The van der Waals surface area contributed by atoms with Gasteiger partial charge in [-0.3, -0.25) is 0 Å². The Hall–Kier alpha value is -1.74. The fraction of sp³-hybridized carbons (Fsp3) is 0.286. The van der Waals surface area contributed by atoms with E-state index in [1.807, 2.05) is 18.2 Å². The van der Waals surface area contributed by atoms with E-state index in [-0.39, 0.29) is 6.04 Å². The first-order chi connectivity index (χ1) is 8.29. The standard InChI is InChI=1S/C14H17NO2/c1-2-15-14(12-7-8-17-10-12)9-11-3-5-13(16)6-4-11/h3-8,10,14-16H,2,9H2,1H3. The van der Waals surface area contributed by atoms with Gasteiger partial charge >= 0.3 is 0 Å². The summed E-state index contributed by atoms with van der Waals surface area (Å²) < 4.78 is 5.12. The number of furan rings is 1. The molecule has 0 aliphatic carbocycles. The van der Waals surface area contributed by atoms with Gasteiger partial charge in [0.1, 0.15) is 5.75 Å². The summed E-state index contributed by atoms with van der Waals surface area (Å²) in [7, 11) is 0. The van der Waals surface area contributed by atoms with E-state index in [1.165, 1.54) is 5.56 Å². The summed E-state index contributed by atoms with van der Waals surface area (Å²) in [6.45, 7) is 3.00. The fourth-order valence-electron chi connectivity index (χ4n) is 1.90. The van der Waals surface area contributed by atoms with E-state index < -0.39 is 0 Å².